The Morgan fingerprint density at radius 2 is 0.967 bits per heavy atom. The first-order valence-electron chi connectivity index (χ1n) is 25.5. The van der Waals surface area contributed by atoms with Crippen molar-refractivity contribution in [3.8, 4) is 0 Å². The van der Waals surface area contributed by atoms with Crippen molar-refractivity contribution in [2.75, 3.05) is 6.61 Å². The molecule has 0 fully saturated rings. The van der Waals surface area contributed by atoms with Gasteiger partial charge in [0.1, 0.15) is 6.10 Å². The van der Waals surface area contributed by atoms with Gasteiger partial charge in [0.15, 0.2) is 0 Å². The lowest BCUT2D eigenvalue weighted by atomic mass is 10.0. The molecular weight excluding hydrogens is 743 g/mol. The number of esters is 1. The van der Waals surface area contributed by atoms with E-state index in [9.17, 15) is 19.8 Å². The predicted molar refractivity (Wildman–Crippen MR) is 259 cm³/mol. The van der Waals surface area contributed by atoms with Gasteiger partial charge in [-0.3, -0.25) is 9.59 Å². The molecule has 0 aromatic heterocycles. The Morgan fingerprint density at radius 1 is 0.517 bits per heavy atom. The highest BCUT2D eigenvalue weighted by molar-refractivity contribution is 5.77. The van der Waals surface area contributed by atoms with Crippen LogP contribution in [-0.2, 0) is 14.3 Å². The molecule has 0 bridgehead atoms. The predicted octanol–water partition coefficient (Wildman–Crippen LogP) is 15.2. The average molecular weight is 840 g/mol. The third kappa shape index (κ3) is 42.3. The van der Waals surface area contributed by atoms with E-state index in [1.807, 2.05) is 0 Å². The SMILES string of the molecule is CC/C=C/C=C/C=C/CCCCCCCC(CC(=O)NC(CO)C(O)CCCCCCCCCCCCC)OC(=O)CCCCCCCCC/C=C\C/C=C\CCCCC. The lowest BCUT2D eigenvalue weighted by molar-refractivity contribution is -0.151. The zero-order chi connectivity index (χ0) is 43.8. The molecule has 0 aliphatic rings. The quantitative estimate of drug-likeness (QED) is 0.0246. The summed E-state index contributed by atoms with van der Waals surface area (Å²) in [6, 6.07) is -0.710. The second-order valence-electron chi connectivity index (χ2n) is 17.2. The number of unbranched alkanes of at least 4 members (excludes halogenated alkanes) is 25. The molecule has 3 unspecified atom stereocenters. The van der Waals surface area contributed by atoms with Crippen LogP contribution in [0.1, 0.15) is 245 Å². The standard InChI is InChI=1S/C54H97NO5/c1-4-7-10-13-16-19-22-24-25-26-27-29-32-35-38-41-44-47-54(59)60-50(45-42-39-36-33-31-28-23-20-17-14-11-8-5-2)48-53(58)55-51(49-56)52(57)46-43-40-37-34-30-21-18-15-12-9-6-3/h8,11,14,16-17,19-20,23-25,50-52,56-57H,4-7,9-10,12-13,15,18,21-22,26-49H2,1-3H3,(H,55,58)/b11-8+,17-14+,19-16-,23-20+,25-24-. The van der Waals surface area contributed by atoms with Gasteiger partial charge >= 0.3 is 5.97 Å². The minimum atomic E-state index is -0.795. The molecule has 60 heavy (non-hydrogen) atoms. The molecule has 6 nitrogen and oxygen atoms in total. The van der Waals surface area contributed by atoms with Gasteiger partial charge in [-0.15, -0.1) is 0 Å². The summed E-state index contributed by atoms with van der Waals surface area (Å²) in [6.07, 6.45) is 58.5. The van der Waals surface area contributed by atoms with Gasteiger partial charge in [-0.05, 0) is 77.0 Å². The summed E-state index contributed by atoms with van der Waals surface area (Å²) in [5, 5.41) is 23.7. The van der Waals surface area contributed by atoms with Crippen LogP contribution in [0.5, 0.6) is 0 Å². The van der Waals surface area contributed by atoms with Crippen molar-refractivity contribution < 1.29 is 24.5 Å². The van der Waals surface area contributed by atoms with E-state index >= 15 is 0 Å². The number of aliphatic hydroxyl groups excluding tert-OH is 2. The van der Waals surface area contributed by atoms with E-state index in [1.165, 1.54) is 103 Å². The molecule has 0 radical (unpaired) electrons. The van der Waals surface area contributed by atoms with Crippen molar-refractivity contribution in [3.05, 3.63) is 60.8 Å². The van der Waals surface area contributed by atoms with Gasteiger partial charge in [-0.2, -0.15) is 0 Å². The van der Waals surface area contributed by atoms with Crippen molar-refractivity contribution in [1.29, 1.82) is 0 Å². The Labute approximate surface area is 371 Å². The summed E-state index contributed by atoms with van der Waals surface area (Å²) in [6.45, 7) is 6.31. The van der Waals surface area contributed by atoms with E-state index < -0.39 is 18.2 Å². The third-order valence-electron chi connectivity index (χ3n) is 11.4. The largest absolute Gasteiger partial charge is 0.462 e. The van der Waals surface area contributed by atoms with Crippen molar-refractivity contribution in [3.63, 3.8) is 0 Å². The highest BCUT2D eigenvalue weighted by Crippen LogP contribution is 2.18. The molecule has 1 amide bonds. The van der Waals surface area contributed by atoms with Crippen LogP contribution in [0.15, 0.2) is 60.8 Å². The number of allylic oxidation sites excluding steroid dienone is 10. The van der Waals surface area contributed by atoms with Gasteiger partial charge in [-0.1, -0.05) is 216 Å². The number of amides is 1. The van der Waals surface area contributed by atoms with Crippen LogP contribution in [0.2, 0.25) is 0 Å². The molecule has 0 saturated heterocycles. The smallest absolute Gasteiger partial charge is 0.306 e. The van der Waals surface area contributed by atoms with Crippen LogP contribution >= 0.6 is 0 Å². The topological polar surface area (TPSA) is 95.9 Å². The zero-order valence-electron chi connectivity index (χ0n) is 39.6. The lowest BCUT2D eigenvalue weighted by Gasteiger charge is -2.24. The molecule has 0 aromatic carbocycles. The Balaban J connectivity index is 4.60. The summed E-state index contributed by atoms with van der Waals surface area (Å²) in [4.78, 5) is 26.1. The van der Waals surface area contributed by atoms with E-state index in [2.05, 4.69) is 86.8 Å². The van der Waals surface area contributed by atoms with Crippen LogP contribution < -0.4 is 5.32 Å². The monoisotopic (exact) mass is 840 g/mol. The van der Waals surface area contributed by atoms with Crippen molar-refractivity contribution in [1.82, 2.24) is 5.32 Å². The number of ether oxygens (including phenoxy) is 1. The van der Waals surface area contributed by atoms with Crippen LogP contribution in [0.25, 0.3) is 0 Å². The minimum Gasteiger partial charge on any atom is -0.462 e. The molecule has 0 spiro atoms. The van der Waals surface area contributed by atoms with Gasteiger partial charge in [-0.25, -0.2) is 0 Å². The Morgan fingerprint density at radius 3 is 1.52 bits per heavy atom. The molecule has 0 aliphatic heterocycles. The summed E-state index contributed by atoms with van der Waals surface area (Å²) >= 11 is 0. The number of hydrogen-bond acceptors (Lipinski definition) is 5. The molecule has 3 N–H and O–H groups in total. The zero-order valence-corrected chi connectivity index (χ0v) is 39.6. The fourth-order valence-corrected chi connectivity index (χ4v) is 7.52. The maximum atomic E-state index is 13.2. The summed E-state index contributed by atoms with van der Waals surface area (Å²) < 4.78 is 5.92. The average Bonchev–Trinajstić information content (AvgIpc) is 3.24. The van der Waals surface area contributed by atoms with Crippen LogP contribution in [-0.4, -0.2) is 46.9 Å². The second kappa shape index (κ2) is 47.6. The highest BCUT2D eigenvalue weighted by atomic mass is 16.5. The Hall–Kier alpha value is -2.44. The molecule has 348 valence electrons. The molecule has 6 heteroatoms. The van der Waals surface area contributed by atoms with E-state index in [-0.39, 0.29) is 24.9 Å². The van der Waals surface area contributed by atoms with Crippen LogP contribution in [0.4, 0.5) is 0 Å². The van der Waals surface area contributed by atoms with E-state index in [4.69, 9.17) is 4.74 Å². The first kappa shape index (κ1) is 57.6. The number of aliphatic hydroxyl groups is 2. The van der Waals surface area contributed by atoms with E-state index in [0.717, 1.165) is 96.3 Å². The molecular formula is C54H97NO5. The lowest BCUT2D eigenvalue weighted by Crippen LogP contribution is -2.46. The number of hydrogen-bond donors (Lipinski definition) is 3. The fraction of sp³-hybridized carbons (Fsp3) is 0.778. The van der Waals surface area contributed by atoms with Crippen LogP contribution in [0.3, 0.4) is 0 Å². The summed E-state index contributed by atoms with van der Waals surface area (Å²) in [7, 11) is 0. The first-order chi connectivity index (χ1) is 29.5. The fourth-order valence-electron chi connectivity index (χ4n) is 7.52. The third-order valence-corrected chi connectivity index (χ3v) is 11.4. The van der Waals surface area contributed by atoms with Crippen LogP contribution in [0, 0.1) is 0 Å². The molecule has 0 rings (SSSR count). The van der Waals surface area contributed by atoms with Crippen molar-refractivity contribution >= 4 is 11.9 Å². The van der Waals surface area contributed by atoms with E-state index in [1.54, 1.807) is 0 Å². The maximum Gasteiger partial charge on any atom is 0.306 e. The highest BCUT2D eigenvalue weighted by Gasteiger charge is 2.24. The van der Waals surface area contributed by atoms with Gasteiger partial charge in [0.2, 0.25) is 5.91 Å². The first-order valence-corrected chi connectivity index (χ1v) is 25.5. The molecule has 0 aromatic rings. The van der Waals surface area contributed by atoms with Gasteiger partial charge < -0.3 is 20.3 Å². The molecule has 0 aliphatic carbocycles. The minimum absolute atomic E-state index is 0.0596. The number of nitrogens with one attached hydrogen (secondary N) is 1. The number of carbonyl (C=O) groups is 2. The summed E-state index contributed by atoms with van der Waals surface area (Å²) in [5.74, 6) is -0.502. The Bertz CT molecular complexity index is 1080. The van der Waals surface area contributed by atoms with Gasteiger partial charge in [0.25, 0.3) is 0 Å². The Kier molecular flexibility index (Phi) is 45.7. The molecule has 0 heterocycles. The van der Waals surface area contributed by atoms with Crippen molar-refractivity contribution in [2.45, 2.75) is 264 Å². The normalized spacial score (nSPS) is 13.8. The van der Waals surface area contributed by atoms with Gasteiger partial charge in [0, 0.05) is 6.42 Å². The molecule has 3 atom stereocenters. The van der Waals surface area contributed by atoms with Gasteiger partial charge in [0.05, 0.1) is 25.2 Å². The number of carbonyl (C=O) groups excluding carboxylic acids is 2. The summed E-state index contributed by atoms with van der Waals surface area (Å²) in [5.41, 5.74) is 0. The second-order valence-corrected chi connectivity index (χ2v) is 17.2. The number of rotatable bonds is 45. The van der Waals surface area contributed by atoms with E-state index in [0.29, 0.717) is 19.3 Å². The maximum absolute atomic E-state index is 13.2. The molecule has 0 saturated carbocycles. The van der Waals surface area contributed by atoms with Crippen molar-refractivity contribution in [2.24, 2.45) is 0 Å².